The van der Waals surface area contributed by atoms with E-state index in [1.165, 1.54) is 61.5 Å². The Morgan fingerprint density at radius 3 is 2.16 bits per heavy atom. The quantitative estimate of drug-likeness (QED) is 0.443. The summed E-state index contributed by atoms with van der Waals surface area (Å²) in [6.45, 7) is 6.94. The molecule has 4 nitrogen and oxygen atoms in total. The SMILES string of the molecule is CCCC[C](CCCC)(CCCC)[Sn][c]1cn(-c2cccnc2)nn1. The summed E-state index contributed by atoms with van der Waals surface area (Å²) >= 11 is -0.803. The Morgan fingerprint density at radius 1 is 1.00 bits per heavy atom. The first kappa shape index (κ1) is 20.4. The van der Waals surface area contributed by atoms with Gasteiger partial charge in [0.2, 0.25) is 0 Å². The molecule has 2 aromatic heterocycles. The van der Waals surface area contributed by atoms with Crippen molar-refractivity contribution in [1.82, 2.24) is 20.0 Å². The third-order valence-corrected chi connectivity index (χ3v) is 9.86. The number of nitrogens with zero attached hydrogens (tertiary/aromatic N) is 4. The Morgan fingerprint density at radius 2 is 1.64 bits per heavy atom. The third kappa shape index (κ3) is 6.39. The number of rotatable bonds is 12. The van der Waals surface area contributed by atoms with Crippen molar-refractivity contribution in [2.75, 3.05) is 0 Å². The summed E-state index contributed by atoms with van der Waals surface area (Å²) in [5.74, 6) is 0. The minimum absolute atomic E-state index is 0.557. The Balaban J connectivity index is 2.17. The van der Waals surface area contributed by atoms with Crippen LogP contribution >= 0.6 is 0 Å². The van der Waals surface area contributed by atoms with Gasteiger partial charge in [-0.1, -0.05) is 0 Å². The van der Waals surface area contributed by atoms with Crippen LogP contribution in [0, 0.1) is 0 Å². The van der Waals surface area contributed by atoms with E-state index >= 15 is 0 Å². The van der Waals surface area contributed by atoms with Gasteiger partial charge in [0.1, 0.15) is 0 Å². The normalized spacial score (nSPS) is 11.8. The van der Waals surface area contributed by atoms with Crippen molar-refractivity contribution >= 4 is 24.9 Å². The van der Waals surface area contributed by atoms with Gasteiger partial charge >= 0.3 is 163 Å². The summed E-state index contributed by atoms with van der Waals surface area (Å²) in [5, 5.41) is 8.94. The van der Waals surface area contributed by atoms with Gasteiger partial charge in [-0.15, -0.1) is 0 Å². The Hall–Kier alpha value is -0.911. The summed E-state index contributed by atoms with van der Waals surface area (Å²) in [4.78, 5) is 4.19. The minimum atomic E-state index is -0.803. The Labute approximate surface area is 163 Å². The summed E-state index contributed by atoms with van der Waals surface area (Å²) in [6, 6.07) is 3.99. The molecular formula is C20H32N4Sn. The summed E-state index contributed by atoms with van der Waals surface area (Å²) < 4.78 is 3.74. The number of hydrogen-bond acceptors (Lipinski definition) is 3. The van der Waals surface area contributed by atoms with Crippen molar-refractivity contribution in [2.45, 2.75) is 82.0 Å². The van der Waals surface area contributed by atoms with E-state index in [-0.39, 0.29) is 0 Å². The second kappa shape index (κ2) is 10.9. The van der Waals surface area contributed by atoms with Crippen LogP contribution in [0.2, 0.25) is 3.43 Å². The maximum atomic E-state index is 4.56. The van der Waals surface area contributed by atoms with Crippen LogP contribution in [-0.2, 0) is 0 Å². The standard InChI is InChI=1S/C13H27.C7H5N4.Sn/c1-4-7-10-13(11-8-5-2)12-9-6-3;1-2-7(6-8-3-1)11-5-4-9-10-11;/h4-12H2,1-3H3;1-3,5-6H;. The van der Waals surface area contributed by atoms with Gasteiger partial charge < -0.3 is 0 Å². The molecule has 0 bridgehead atoms. The zero-order valence-electron chi connectivity index (χ0n) is 16.0. The topological polar surface area (TPSA) is 43.6 Å². The van der Waals surface area contributed by atoms with Crippen LogP contribution in [0.3, 0.4) is 0 Å². The van der Waals surface area contributed by atoms with Gasteiger partial charge in [0.25, 0.3) is 0 Å². The molecule has 0 fully saturated rings. The van der Waals surface area contributed by atoms with Crippen LogP contribution in [0.5, 0.6) is 0 Å². The van der Waals surface area contributed by atoms with Gasteiger partial charge in [0.05, 0.1) is 0 Å². The molecule has 0 saturated carbocycles. The molecule has 2 radical (unpaired) electrons. The van der Waals surface area contributed by atoms with Gasteiger partial charge in [-0.2, -0.15) is 0 Å². The fourth-order valence-corrected chi connectivity index (χ4v) is 8.25. The van der Waals surface area contributed by atoms with Crippen LogP contribution in [0.1, 0.15) is 78.6 Å². The van der Waals surface area contributed by atoms with Crippen molar-refractivity contribution in [1.29, 1.82) is 0 Å². The number of unbranched alkanes of at least 4 members (excludes halogenated alkanes) is 3. The van der Waals surface area contributed by atoms with Gasteiger partial charge in [-0.25, -0.2) is 0 Å². The molecule has 0 aliphatic rings. The second-order valence-corrected chi connectivity index (χ2v) is 12.2. The summed E-state index contributed by atoms with van der Waals surface area (Å²) in [7, 11) is 0. The van der Waals surface area contributed by atoms with Gasteiger partial charge in [-0.05, 0) is 0 Å². The Kier molecular flexibility index (Phi) is 8.93. The molecule has 2 rings (SSSR count). The average molecular weight is 447 g/mol. The zero-order valence-corrected chi connectivity index (χ0v) is 18.9. The van der Waals surface area contributed by atoms with E-state index in [2.05, 4.69) is 42.3 Å². The van der Waals surface area contributed by atoms with E-state index in [1.54, 1.807) is 6.20 Å². The van der Waals surface area contributed by atoms with E-state index < -0.39 is 21.1 Å². The monoisotopic (exact) mass is 448 g/mol. The molecule has 5 heteroatoms. The van der Waals surface area contributed by atoms with Crippen molar-refractivity contribution in [3.05, 3.63) is 30.7 Å². The predicted octanol–water partition coefficient (Wildman–Crippen LogP) is 4.72. The van der Waals surface area contributed by atoms with Crippen LogP contribution in [0.4, 0.5) is 0 Å². The van der Waals surface area contributed by atoms with E-state index in [4.69, 9.17) is 0 Å². The molecule has 0 spiro atoms. The molecule has 2 aromatic rings. The van der Waals surface area contributed by atoms with Gasteiger partial charge in [0.15, 0.2) is 0 Å². The van der Waals surface area contributed by atoms with Crippen LogP contribution in [-0.4, -0.2) is 41.1 Å². The second-order valence-electron chi connectivity index (χ2n) is 6.98. The van der Waals surface area contributed by atoms with Crippen LogP contribution in [0.25, 0.3) is 5.69 Å². The number of hydrogen-bond donors (Lipinski definition) is 0. The van der Waals surface area contributed by atoms with Gasteiger partial charge in [-0.3, -0.25) is 0 Å². The van der Waals surface area contributed by atoms with Gasteiger partial charge in [0, 0.05) is 0 Å². The molecule has 0 aliphatic carbocycles. The molecule has 0 unspecified atom stereocenters. The molecule has 136 valence electrons. The fraction of sp³-hybridized carbons (Fsp3) is 0.650. The Bertz CT molecular complexity index is 575. The molecule has 0 atom stereocenters. The fourth-order valence-electron chi connectivity index (χ4n) is 3.32. The van der Waals surface area contributed by atoms with Crippen LogP contribution < -0.4 is 3.71 Å². The molecule has 25 heavy (non-hydrogen) atoms. The molecule has 0 aliphatic heterocycles. The molecule has 0 N–H and O–H groups in total. The average Bonchev–Trinajstić information content (AvgIpc) is 3.12. The predicted molar refractivity (Wildman–Crippen MR) is 106 cm³/mol. The first-order chi connectivity index (χ1) is 12.2. The molecule has 0 aromatic carbocycles. The third-order valence-electron chi connectivity index (χ3n) is 4.82. The summed E-state index contributed by atoms with van der Waals surface area (Å²) in [5.41, 5.74) is 1.00. The van der Waals surface area contributed by atoms with Crippen molar-refractivity contribution in [3.8, 4) is 5.69 Å². The number of aromatic nitrogens is 4. The maximum absolute atomic E-state index is 4.56. The van der Waals surface area contributed by atoms with Crippen molar-refractivity contribution in [2.24, 2.45) is 0 Å². The summed E-state index contributed by atoms with van der Waals surface area (Å²) in [6.07, 6.45) is 17.9. The van der Waals surface area contributed by atoms with Crippen LogP contribution in [0.15, 0.2) is 30.7 Å². The zero-order chi connectivity index (χ0) is 18.0. The van der Waals surface area contributed by atoms with E-state index in [1.807, 2.05) is 23.0 Å². The first-order valence-corrected chi connectivity index (χ1v) is 12.7. The molecule has 2 heterocycles. The van der Waals surface area contributed by atoms with E-state index in [0.717, 1.165) is 5.69 Å². The van der Waals surface area contributed by atoms with Crippen molar-refractivity contribution in [3.63, 3.8) is 0 Å². The number of pyridine rings is 1. The van der Waals surface area contributed by atoms with E-state index in [9.17, 15) is 0 Å². The molecular weight excluding hydrogens is 415 g/mol. The first-order valence-electron chi connectivity index (χ1n) is 9.84. The van der Waals surface area contributed by atoms with Crippen molar-refractivity contribution < 1.29 is 0 Å². The molecule has 0 saturated heterocycles. The van der Waals surface area contributed by atoms with E-state index in [0.29, 0.717) is 3.43 Å². The molecule has 0 amide bonds.